The predicted octanol–water partition coefficient (Wildman–Crippen LogP) is 1.90. The van der Waals surface area contributed by atoms with Gasteiger partial charge in [0.15, 0.2) is 0 Å². The van der Waals surface area contributed by atoms with Gasteiger partial charge in [0.05, 0.1) is 14.2 Å². The van der Waals surface area contributed by atoms with E-state index in [-0.39, 0.29) is 18.6 Å². The molecule has 0 bridgehead atoms. The maximum absolute atomic E-state index is 12.2. The minimum Gasteiger partial charge on any atom is -0.496 e. The molecule has 0 aliphatic heterocycles. The van der Waals surface area contributed by atoms with Crippen molar-refractivity contribution in [2.45, 2.75) is 32.7 Å². The maximum atomic E-state index is 12.2. The fourth-order valence-corrected chi connectivity index (χ4v) is 2.02. The third kappa shape index (κ3) is 3.87. The largest absolute Gasteiger partial charge is 0.496 e. The molecule has 0 saturated carbocycles. The van der Waals surface area contributed by atoms with Crippen LogP contribution >= 0.6 is 0 Å². The van der Waals surface area contributed by atoms with Crippen molar-refractivity contribution in [3.63, 3.8) is 0 Å². The van der Waals surface area contributed by atoms with Gasteiger partial charge < -0.3 is 19.9 Å². The summed E-state index contributed by atoms with van der Waals surface area (Å²) in [5, 5.41) is 11.9. The summed E-state index contributed by atoms with van der Waals surface area (Å²) in [5.41, 5.74) is 1.34. The van der Waals surface area contributed by atoms with Crippen LogP contribution in [0.25, 0.3) is 0 Å². The van der Waals surface area contributed by atoms with Crippen LogP contribution in [0.4, 0.5) is 0 Å². The van der Waals surface area contributed by atoms with Gasteiger partial charge in [0.25, 0.3) is 5.91 Å². The second-order valence-corrected chi connectivity index (χ2v) is 4.60. The molecule has 0 radical (unpaired) electrons. The molecule has 1 aromatic rings. The van der Waals surface area contributed by atoms with Crippen LogP contribution in [0.2, 0.25) is 0 Å². The number of methoxy groups -OCH3 is 2. The second kappa shape index (κ2) is 7.75. The number of nitrogens with one attached hydrogen (secondary N) is 1. The van der Waals surface area contributed by atoms with E-state index in [0.717, 1.165) is 12.0 Å². The van der Waals surface area contributed by atoms with E-state index in [1.807, 2.05) is 13.8 Å². The average molecular weight is 281 g/mol. The summed E-state index contributed by atoms with van der Waals surface area (Å²) in [4.78, 5) is 12.2. The molecule has 1 atom stereocenters. The first-order valence-corrected chi connectivity index (χ1v) is 6.71. The third-order valence-corrected chi connectivity index (χ3v) is 3.32. The highest BCUT2D eigenvalue weighted by atomic mass is 16.5. The summed E-state index contributed by atoms with van der Waals surface area (Å²) in [5.74, 6) is 1.04. The van der Waals surface area contributed by atoms with Crippen molar-refractivity contribution < 1.29 is 19.4 Å². The minimum atomic E-state index is -0.193. The van der Waals surface area contributed by atoms with E-state index in [1.54, 1.807) is 26.4 Å². The highest BCUT2D eigenvalue weighted by Crippen LogP contribution is 2.29. The van der Waals surface area contributed by atoms with Crippen molar-refractivity contribution >= 4 is 5.91 Å². The molecule has 1 amide bonds. The van der Waals surface area contributed by atoms with Crippen molar-refractivity contribution in [1.29, 1.82) is 0 Å². The van der Waals surface area contributed by atoms with Crippen LogP contribution in [-0.4, -0.2) is 37.9 Å². The van der Waals surface area contributed by atoms with Crippen LogP contribution in [0, 0.1) is 6.92 Å². The topological polar surface area (TPSA) is 67.8 Å². The van der Waals surface area contributed by atoms with Crippen molar-refractivity contribution in [2.24, 2.45) is 0 Å². The maximum Gasteiger partial charge on any atom is 0.251 e. The first-order valence-electron chi connectivity index (χ1n) is 6.71. The van der Waals surface area contributed by atoms with Crippen molar-refractivity contribution in [3.05, 3.63) is 23.3 Å². The molecule has 0 aliphatic carbocycles. The SMILES string of the molecule is CCC(CCO)NC(=O)c1cc(OC)c(C)c(OC)c1. The Morgan fingerprint density at radius 2 is 1.85 bits per heavy atom. The molecule has 0 heterocycles. The Labute approximate surface area is 119 Å². The van der Waals surface area contributed by atoms with Crippen LogP contribution in [0.15, 0.2) is 12.1 Å². The average Bonchev–Trinajstić information content (AvgIpc) is 2.46. The number of aliphatic hydroxyl groups is 1. The van der Waals surface area contributed by atoms with Crippen LogP contribution in [0.3, 0.4) is 0 Å². The number of hydrogen-bond donors (Lipinski definition) is 2. The van der Waals surface area contributed by atoms with Crippen molar-refractivity contribution in [2.75, 3.05) is 20.8 Å². The molecular formula is C15H23NO4. The Bertz CT molecular complexity index is 434. The normalized spacial score (nSPS) is 11.8. The van der Waals surface area contributed by atoms with E-state index in [9.17, 15) is 4.79 Å². The molecule has 0 saturated heterocycles. The number of amides is 1. The molecular weight excluding hydrogens is 258 g/mol. The summed E-state index contributed by atoms with van der Waals surface area (Å²) >= 11 is 0. The lowest BCUT2D eigenvalue weighted by atomic mass is 10.1. The lowest BCUT2D eigenvalue weighted by Gasteiger charge is -2.17. The molecule has 5 nitrogen and oxygen atoms in total. The second-order valence-electron chi connectivity index (χ2n) is 4.60. The van der Waals surface area contributed by atoms with Crippen molar-refractivity contribution in [3.8, 4) is 11.5 Å². The summed E-state index contributed by atoms with van der Waals surface area (Å²) in [6.07, 6.45) is 1.31. The van der Waals surface area contributed by atoms with Crippen LogP contribution < -0.4 is 14.8 Å². The van der Waals surface area contributed by atoms with Gasteiger partial charge in [-0.05, 0) is 31.9 Å². The van der Waals surface area contributed by atoms with E-state index in [4.69, 9.17) is 14.6 Å². The van der Waals surface area contributed by atoms with Gasteiger partial charge >= 0.3 is 0 Å². The highest BCUT2D eigenvalue weighted by Gasteiger charge is 2.16. The van der Waals surface area contributed by atoms with E-state index >= 15 is 0 Å². The number of hydrogen-bond acceptors (Lipinski definition) is 4. The highest BCUT2D eigenvalue weighted by molar-refractivity contribution is 5.95. The summed E-state index contributed by atoms with van der Waals surface area (Å²) in [6.45, 7) is 3.90. The number of carbonyl (C=O) groups excluding carboxylic acids is 1. The number of carbonyl (C=O) groups is 1. The van der Waals surface area contributed by atoms with Gasteiger partial charge in [-0.1, -0.05) is 6.92 Å². The zero-order chi connectivity index (χ0) is 15.1. The van der Waals surface area contributed by atoms with Crippen LogP contribution in [-0.2, 0) is 0 Å². The minimum absolute atomic E-state index is 0.0363. The monoisotopic (exact) mass is 281 g/mol. The molecule has 1 unspecified atom stereocenters. The van der Waals surface area contributed by atoms with Gasteiger partial charge in [0.2, 0.25) is 0 Å². The first-order chi connectivity index (χ1) is 9.57. The van der Waals surface area contributed by atoms with E-state index in [2.05, 4.69) is 5.32 Å². The van der Waals surface area contributed by atoms with Gasteiger partial charge in [0.1, 0.15) is 11.5 Å². The standard InChI is InChI=1S/C15H23NO4/c1-5-12(6-7-17)16-15(18)11-8-13(19-3)10(2)14(9-11)20-4/h8-9,12,17H,5-7H2,1-4H3,(H,16,18). The Kier molecular flexibility index (Phi) is 6.31. The van der Waals surface area contributed by atoms with Crippen molar-refractivity contribution in [1.82, 2.24) is 5.32 Å². The van der Waals surface area contributed by atoms with Crippen LogP contribution in [0.5, 0.6) is 11.5 Å². The zero-order valence-corrected chi connectivity index (χ0v) is 12.5. The Morgan fingerprint density at radius 3 is 2.25 bits per heavy atom. The smallest absolute Gasteiger partial charge is 0.251 e. The predicted molar refractivity (Wildman–Crippen MR) is 77.5 cm³/mol. The fraction of sp³-hybridized carbons (Fsp3) is 0.533. The third-order valence-electron chi connectivity index (χ3n) is 3.32. The molecule has 20 heavy (non-hydrogen) atoms. The van der Waals surface area contributed by atoms with E-state index in [1.165, 1.54) is 0 Å². The van der Waals surface area contributed by atoms with Gasteiger partial charge in [-0.2, -0.15) is 0 Å². The van der Waals surface area contributed by atoms with Gasteiger partial charge in [-0.3, -0.25) is 4.79 Å². The quantitative estimate of drug-likeness (QED) is 0.801. The molecule has 2 N–H and O–H groups in total. The van der Waals surface area contributed by atoms with Gasteiger partial charge in [-0.15, -0.1) is 0 Å². The molecule has 0 aliphatic rings. The molecule has 0 fully saturated rings. The van der Waals surface area contributed by atoms with E-state index < -0.39 is 0 Å². The number of rotatable bonds is 7. The number of benzene rings is 1. The summed E-state index contributed by atoms with van der Waals surface area (Å²) in [7, 11) is 3.12. The van der Waals surface area contributed by atoms with E-state index in [0.29, 0.717) is 23.5 Å². The fourth-order valence-electron chi connectivity index (χ4n) is 2.02. The number of aliphatic hydroxyl groups excluding tert-OH is 1. The lowest BCUT2D eigenvalue weighted by molar-refractivity contribution is 0.0928. The molecule has 1 rings (SSSR count). The molecule has 1 aromatic carbocycles. The zero-order valence-electron chi connectivity index (χ0n) is 12.5. The molecule has 5 heteroatoms. The molecule has 112 valence electrons. The lowest BCUT2D eigenvalue weighted by Crippen LogP contribution is -2.35. The van der Waals surface area contributed by atoms with Gasteiger partial charge in [-0.25, -0.2) is 0 Å². The Morgan fingerprint density at radius 1 is 1.30 bits per heavy atom. The van der Waals surface area contributed by atoms with Crippen LogP contribution in [0.1, 0.15) is 35.7 Å². The first kappa shape index (κ1) is 16.3. The Hall–Kier alpha value is -1.75. The van der Waals surface area contributed by atoms with Gasteiger partial charge in [0, 0.05) is 23.8 Å². The Balaban J connectivity index is 2.97. The number of ether oxygens (including phenoxy) is 2. The molecule has 0 spiro atoms. The molecule has 0 aromatic heterocycles. The summed E-state index contributed by atoms with van der Waals surface area (Å²) in [6, 6.07) is 3.35. The summed E-state index contributed by atoms with van der Waals surface area (Å²) < 4.78 is 10.5.